The molecule has 1 N–H and O–H groups in total. The summed E-state index contributed by atoms with van der Waals surface area (Å²) in [5.74, 6) is -0.267. The first kappa shape index (κ1) is 22.1. The van der Waals surface area contributed by atoms with Crippen LogP contribution in [0, 0.1) is 0 Å². The molecule has 0 amide bonds. The van der Waals surface area contributed by atoms with Crippen molar-refractivity contribution in [1.29, 1.82) is 0 Å². The molecule has 3 aromatic rings. The predicted octanol–water partition coefficient (Wildman–Crippen LogP) is 6.34. The Labute approximate surface area is 197 Å². The zero-order valence-electron chi connectivity index (χ0n) is 17.6. The standard InChI is InChI=1S/C25H22Cl2N2O3/c1-16-23(25(30)31)28(2)24(21-13-8-18(26)14-22(21)27)29(16)19-9-11-20(12-10-19)32-15-17-6-4-3-5-7-17/h3-14,24H,15H2,1-2H3,(H,30,31). The van der Waals surface area contributed by atoms with Crippen LogP contribution < -0.4 is 9.64 Å². The Morgan fingerprint density at radius 2 is 1.72 bits per heavy atom. The molecule has 0 aromatic heterocycles. The van der Waals surface area contributed by atoms with Gasteiger partial charge in [0.1, 0.15) is 24.2 Å². The fourth-order valence-corrected chi connectivity index (χ4v) is 4.50. The molecule has 0 bridgehead atoms. The van der Waals surface area contributed by atoms with Crippen molar-refractivity contribution in [2.75, 3.05) is 11.9 Å². The zero-order valence-corrected chi connectivity index (χ0v) is 19.1. The lowest BCUT2D eigenvalue weighted by atomic mass is 10.1. The molecule has 1 heterocycles. The summed E-state index contributed by atoms with van der Waals surface area (Å²) in [6.45, 7) is 2.27. The van der Waals surface area contributed by atoms with Gasteiger partial charge in [0.2, 0.25) is 0 Å². The highest BCUT2D eigenvalue weighted by Gasteiger charge is 2.39. The van der Waals surface area contributed by atoms with Gasteiger partial charge in [-0.1, -0.05) is 59.6 Å². The fourth-order valence-electron chi connectivity index (χ4n) is 3.99. The van der Waals surface area contributed by atoms with E-state index in [1.54, 1.807) is 31.0 Å². The molecule has 4 rings (SSSR count). The summed E-state index contributed by atoms with van der Waals surface area (Å²) in [4.78, 5) is 15.7. The van der Waals surface area contributed by atoms with E-state index in [4.69, 9.17) is 27.9 Å². The van der Waals surface area contributed by atoms with Crippen LogP contribution in [-0.2, 0) is 11.4 Å². The summed E-state index contributed by atoms with van der Waals surface area (Å²) in [5, 5.41) is 10.8. The lowest BCUT2D eigenvalue weighted by Crippen LogP contribution is -2.31. The molecule has 5 nitrogen and oxygen atoms in total. The molecule has 0 saturated carbocycles. The van der Waals surface area contributed by atoms with Crippen molar-refractivity contribution in [3.63, 3.8) is 0 Å². The lowest BCUT2D eigenvalue weighted by Gasteiger charge is -2.33. The van der Waals surface area contributed by atoms with E-state index in [0.29, 0.717) is 22.3 Å². The number of rotatable bonds is 6. The first-order chi connectivity index (χ1) is 15.4. The molecule has 1 aliphatic heterocycles. The van der Waals surface area contributed by atoms with Crippen LogP contribution in [0.1, 0.15) is 24.2 Å². The summed E-state index contributed by atoms with van der Waals surface area (Å²) >= 11 is 12.6. The number of anilines is 1. The fraction of sp³-hybridized carbons (Fsp3) is 0.160. The topological polar surface area (TPSA) is 53.0 Å². The maximum absolute atomic E-state index is 12.0. The molecule has 0 aliphatic carbocycles. The Hall–Kier alpha value is -3.15. The number of ether oxygens (including phenoxy) is 1. The van der Waals surface area contributed by atoms with Gasteiger partial charge < -0.3 is 19.6 Å². The summed E-state index contributed by atoms with van der Waals surface area (Å²) in [6.07, 6.45) is -0.429. The Kier molecular flexibility index (Phi) is 6.31. The third kappa shape index (κ3) is 4.27. The van der Waals surface area contributed by atoms with Crippen LogP contribution in [0.5, 0.6) is 5.75 Å². The Morgan fingerprint density at radius 3 is 2.34 bits per heavy atom. The Morgan fingerprint density at radius 1 is 1.03 bits per heavy atom. The summed E-state index contributed by atoms with van der Waals surface area (Å²) in [5.41, 5.74) is 3.51. The maximum Gasteiger partial charge on any atom is 0.354 e. The van der Waals surface area contributed by atoms with E-state index >= 15 is 0 Å². The maximum atomic E-state index is 12.0. The van der Waals surface area contributed by atoms with Crippen LogP contribution in [-0.4, -0.2) is 23.0 Å². The van der Waals surface area contributed by atoms with Gasteiger partial charge in [0.15, 0.2) is 0 Å². The number of likely N-dealkylation sites (N-methyl/N-ethyl adjacent to an activating group) is 1. The highest BCUT2D eigenvalue weighted by atomic mass is 35.5. The highest BCUT2D eigenvalue weighted by molar-refractivity contribution is 6.35. The number of carboxylic acid groups (broad SMARTS) is 1. The Bertz CT molecular complexity index is 1160. The van der Waals surface area contributed by atoms with Crippen LogP contribution in [0.2, 0.25) is 10.0 Å². The van der Waals surface area contributed by atoms with Crippen LogP contribution >= 0.6 is 23.2 Å². The van der Waals surface area contributed by atoms with E-state index in [1.807, 2.05) is 65.6 Å². The van der Waals surface area contributed by atoms with Gasteiger partial charge >= 0.3 is 5.97 Å². The van der Waals surface area contributed by atoms with Crippen LogP contribution in [0.25, 0.3) is 0 Å². The molecule has 7 heteroatoms. The minimum absolute atomic E-state index is 0.213. The molecule has 0 spiro atoms. The van der Waals surface area contributed by atoms with Gasteiger partial charge in [-0.05, 0) is 48.9 Å². The van der Waals surface area contributed by atoms with Crippen molar-refractivity contribution in [3.8, 4) is 5.75 Å². The highest BCUT2D eigenvalue weighted by Crippen LogP contribution is 2.44. The van der Waals surface area contributed by atoms with E-state index in [1.165, 1.54) is 0 Å². The third-order valence-electron chi connectivity index (χ3n) is 5.47. The van der Waals surface area contributed by atoms with E-state index < -0.39 is 12.1 Å². The van der Waals surface area contributed by atoms with Crippen LogP contribution in [0.3, 0.4) is 0 Å². The SMILES string of the molecule is CC1=C(C(=O)O)N(C)C(c2ccc(Cl)cc2Cl)N1c1ccc(OCc2ccccc2)cc1. The summed E-state index contributed by atoms with van der Waals surface area (Å²) in [6, 6.07) is 22.8. The molecule has 0 fully saturated rings. The van der Waals surface area contributed by atoms with E-state index in [2.05, 4.69) is 0 Å². The summed E-state index contributed by atoms with van der Waals surface area (Å²) < 4.78 is 5.89. The molecule has 3 aromatic carbocycles. The van der Waals surface area contributed by atoms with E-state index in [0.717, 1.165) is 22.6 Å². The molecule has 164 valence electrons. The monoisotopic (exact) mass is 468 g/mol. The van der Waals surface area contributed by atoms with E-state index in [-0.39, 0.29) is 5.70 Å². The second kappa shape index (κ2) is 9.15. The van der Waals surface area contributed by atoms with Gasteiger partial charge in [-0.3, -0.25) is 0 Å². The third-order valence-corrected chi connectivity index (χ3v) is 6.04. The smallest absolute Gasteiger partial charge is 0.354 e. The van der Waals surface area contributed by atoms with Crippen molar-refractivity contribution in [3.05, 3.63) is 105 Å². The minimum Gasteiger partial charge on any atom is -0.489 e. The molecular weight excluding hydrogens is 447 g/mol. The van der Waals surface area contributed by atoms with Gasteiger partial charge in [-0.2, -0.15) is 0 Å². The van der Waals surface area contributed by atoms with Gasteiger partial charge in [0.25, 0.3) is 0 Å². The molecule has 1 atom stereocenters. The minimum atomic E-state index is -0.995. The van der Waals surface area contributed by atoms with Gasteiger partial charge in [0, 0.05) is 34.0 Å². The number of carboxylic acids is 1. The first-order valence-corrected chi connectivity index (χ1v) is 10.8. The number of nitrogens with zero attached hydrogens (tertiary/aromatic N) is 2. The van der Waals surface area contributed by atoms with Gasteiger partial charge in [-0.15, -0.1) is 0 Å². The number of benzene rings is 3. The van der Waals surface area contributed by atoms with Crippen LogP contribution in [0.15, 0.2) is 84.2 Å². The normalized spacial score (nSPS) is 15.9. The van der Waals surface area contributed by atoms with Crippen molar-refractivity contribution in [1.82, 2.24) is 4.90 Å². The largest absolute Gasteiger partial charge is 0.489 e. The Balaban J connectivity index is 1.66. The predicted molar refractivity (Wildman–Crippen MR) is 127 cm³/mol. The molecule has 0 saturated heterocycles. The average Bonchev–Trinajstić information content (AvgIpc) is 3.03. The zero-order chi connectivity index (χ0) is 22.8. The second-order valence-corrected chi connectivity index (χ2v) is 8.37. The second-order valence-electron chi connectivity index (χ2n) is 7.53. The molecule has 1 unspecified atom stereocenters. The lowest BCUT2D eigenvalue weighted by molar-refractivity contribution is -0.134. The van der Waals surface area contributed by atoms with Crippen LogP contribution in [0.4, 0.5) is 5.69 Å². The first-order valence-electron chi connectivity index (χ1n) is 10.0. The van der Waals surface area contributed by atoms with Gasteiger partial charge in [-0.25, -0.2) is 4.79 Å². The van der Waals surface area contributed by atoms with Crippen molar-refractivity contribution in [2.45, 2.75) is 19.7 Å². The van der Waals surface area contributed by atoms with E-state index in [9.17, 15) is 9.90 Å². The van der Waals surface area contributed by atoms with Gasteiger partial charge in [0.05, 0.1) is 0 Å². The number of halogens is 2. The van der Waals surface area contributed by atoms with Crippen molar-refractivity contribution < 1.29 is 14.6 Å². The number of hydrogen-bond acceptors (Lipinski definition) is 4. The number of aliphatic carboxylic acids is 1. The number of hydrogen-bond donors (Lipinski definition) is 1. The average molecular weight is 469 g/mol. The van der Waals surface area contributed by atoms with Crippen molar-refractivity contribution >= 4 is 34.9 Å². The number of allylic oxidation sites excluding steroid dienone is 1. The molecule has 0 radical (unpaired) electrons. The quantitative estimate of drug-likeness (QED) is 0.457. The molecule has 32 heavy (non-hydrogen) atoms. The molecule has 1 aliphatic rings. The summed E-state index contributed by atoms with van der Waals surface area (Å²) in [7, 11) is 1.75. The number of carbonyl (C=O) groups is 1. The molecular formula is C25H22Cl2N2O3. The van der Waals surface area contributed by atoms with Crippen molar-refractivity contribution in [2.24, 2.45) is 0 Å².